The lowest BCUT2D eigenvalue weighted by Crippen LogP contribution is -2.45. The molecule has 1 atom stereocenters. The number of nitrogens with one attached hydrogen (secondary N) is 1. The average molecular weight is 409 g/mol. The van der Waals surface area contributed by atoms with Gasteiger partial charge in [-0.25, -0.2) is 0 Å². The predicted octanol–water partition coefficient (Wildman–Crippen LogP) is 4.07. The zero-order valence-electron chi connectivity index (χ0n) is 14.1. The van der Waals surface area contributed by atoms with Gasteiger partial charge in [-0.3, -0.25) is 4.90 Å². The van der Waals surface area contributed by atoms with Gasteiger partial charge in [-0.05, 0) is 40.6 Å². The summed E-state index contributed by atoms with van der Waals surface area (Å²) in [5, 5.41) is 7.28. The molecule has 0 unspecified atom stereocenters. The Hall–Kier alpha value is -1.48. The van der Waals surface area contributed by atoms with E-state index in [1.165, 1.54) is 25.3 Å². The SMILES string of the molecule is COc1ccc(OC(F)(F)F)cc1[C@@H](c1ccsc1)N1CCNCC1.Cl. The lowest BCUT2D eigenvalue weighted by Gasteiger charge is -2.35. The van der Waals surface area contributed by atoms with Crippen LogP contribution in [0.15, 0.2) is 35.0 Å². The van der Waals surface area contributed by atoms with Crippen LogP contribution in [0.3, 0.4) is 0 Å². The molecule has 1 fully saturated rings. The van der Waals surface area contributed by atoms with Crippen LogP contribution in [-0.4, -0.2) is 44.6 Å². The monoisotopic (exact) mass is 408 g/mol. The molecule has 1 aromatic heterocycles. The maximum absolute atomic E-state index is 12.6. The van der Waals surface area contributed by atoms with Gasteiger partial charge in [0.15, 0.2) is 0 Å². The molecule has 0 radical (unpaired) electrons. The van der Waals surface area contributed by atoms with E-state index in [2.05, 4.69) is 15.0 Å². The summed E-state index contributed by atoms with van der Waals surface area (Å²) in [7, 11) is 1.52. The number of alkyl halides is 3. The number of hydrogen-bond acceptors (Lipinski definition) is 5. The van der Waals surface area contributed by atoms with Crippen molar-refractivity contribution in [2.45, 2.75) is 12.4 Å². The standard InChI is InChI=1S/C17H19F3N2O2S.ClH/c1-23-15-3-2-13(24-17(18,19)20)10-14(15)16(12-4-9-25-11-12)22-7-5-21-6-8-22;/h2-4,9-11,16,21H,5-8H2,1H3;1H/t16-;/m1./s1. The largest absolute Gasteiger partial charge is 0.573 e. The molecular formula is C17H20ClF3N2O2S. The Morgan fingerprint density at radius 1 is 1.19 bits per heavy atom. The summed E-state index contributed by atoms with van der Waals surface area (Å²) in [6.45, 7) is 3.27. The maximum Gasteiger partial charge on any atom is 0.573 e. The van der Waals surface area contributed by atoms with Crippen LogP contribution in [0.2, 0.25) is 0 Å². The maximum atomic E-state index is 12.6. The van der Waals surface area contributed by atoms with Gasteiger partial charge in [0, 0.05) is 31.7 Å². The minimum atomic E-state index is -4.72. The molecule has 0 bridgehead atoms. The molecule has 0 saturated carbocycles. The van der Waals surface area contributed by atoms with E-state index in [9.17, 15) is 13.2 Å². The van der Waals surface area contributed by atoms with Gasteiger partial charge in [0.05, 0.1) is 13.2 Å². The van der Waals surface area contributed by atoms with Gasteiger partial charge in [0.2, 0.25) is 0 Å². The van der Waals surface area contributed by atoms with Crippen LogP contribution in [-0.2, 0) is 0 Å². The fourth-order valence-electron chi connectivity index (χ4n) is 3.08. The smallest absolute Gasteiger partial charge is 0.496 e. The van der Waals surface area contributed by atoms with Crippen LogP contribution in [0.1, 0.15) is 17.2 Å². The van der Waals surface area contributed by atoms with Gasteiger partial charge < -0.3 is 14.8 Å². The van der Waals surface area contributed by atoms with E-state index in [0.717, 1.165) is 31.7 Å². The Morgan fingerprint density at radius 3 is 2.50 bits per heavy atom. The number of piperazine rings is 1. The van der Waals surface area contributed by atoms with Crippen molar-refractivity contribution in [3.8, 4) is 11.5 Å². The molecule has 2 aromatic rings. The minimum absolute atomic E-state index is 0. The summed E-state index contributed by atoms with van der Waals surface area (Å²) in [4.78, 5) is 2.24. The third kappa shape index (κ3) is 5.03. The van der Waals surface area contributed by atoms with E-state index in [-0.39, 0.29) is 24.2 Å². The molecule has 0 spiro atoms. The first kappa shape index (κ1) is 20.8. The number of thiophene rings is 1. The minimum Gasteiger partial charge on any atom is -0.496 e. The molecule has 144 valence electrons. The Balaban J connectivity index is 0.00000243. The number of rotatable bonds is 5. The summed E-state index contributed by atoms with van der Waals surface area (Å²) in [6, 6.07) is 6.04. The van der Waals surface area contributed by atoms with Gasteiger partial charge in [-0.2, -0.15) is 11.3 Å². The average Bonchev–Trinajstić information content (AvgIpc) is 3.09. The van der Waals surface area contributed by atoms with E-state index in [1.54, 1.807) is 11.3 Å². The first-order valence-corrected chi connectivity index (χ1v) is 8.83. The lowest BCUT2D eigenvalue weighted by molar-refractivity contribution is -0.274. The van der Waals surface area contributed by atoms with E-state index in [1.807, 2.05) is 16.8 Å². The van der Waals surface area contributed by atoms with Crippen molar-refractivity contribution < 1.29 is 22.6 Å². The van der Waals surface area contributed by atoms with Crippen molar-refractivity contribution in [2.24, 2.45) is 0 Å². The second kappa shape index (κ2) is 8.94. The van der Waals surface area contributed by atoms with Gasteiger partial charge in [-0.15, -0.1) is 25.6 Å². The lowest BCUT2D eigenvalue weighted by atomic mass is 9.97. The second-order valence-corrected chi connectivity index (χ2v) is 6.48. The number of hydrogen-bond donors (Lipinski definition) is 1. The first-order valence-electron chi connectivity index (χ1n) is 7.88. The molecular weight excluding hydrogens is 389 g/mol. The predicted molar refractivity (Wildman–Crippen MR) is 97.5 cm³/mol. The highest BCUT2D eigenvalue weighted by atomic mass is 35.5. The molecule has 3 rings (SSSR count). The van der Waals surface area contributed by atoms with Crippen molar-refractivity contribution >= 4 is 23.7 Å². The Morgan fingerprint density at radius 2 is 1.92 bits per heavy atom. The van der Waals surface area contributed by atoms with Crippen molar-refractivity contribution in [1.82, 2.24) is 10.2 Å². The highest BCUT2D eigenvalue weighted by molar-refractivity contribution is 7.08. The zero-order valence-corrected chi connectivity index (χ0v) is 15.7. The number of ether oxygens (including phenoxy) is 2. The molecule has 1 aliphatic heterocycles. The summed E-state index contributed by atoms with van der Waals surface area (Å²) in [5.41, 5.74) is 1.71. The molecule has 26 heavy (non-hydrogen) atoms. The van der Waals surface area contributed by atoms with Crippen molar-refractivity contribution in [1.29, 1.82) is 0 Å². The number of benzene rings is 1. The molecule has 1 aromatic carbocycles. The topological polar surface area (TPSA) is 33.7 Å². The molecule has 1 aliphatic rings. The van der Waals surface area contributed by atoms with E-state index >= 15 is 0 Å². The van der Waals surface area contributed by atoms with Gasteiger partial charge >= 0.3 is 6.36 Å². The molecule has 0 amide bonds. The third-order valence-corrected chi connectivity index (χ3v) is 4.81. The fraction of sp³-hybridized carbons (Fsp3) is 0.412. The van der Waals surface area contributed by atoms with Crippen LogP contribution in [0.4, 0.5) is 13.2 Å². The van der Waals surface area contributed by atoms with Crippen LogP contribution in [0.25, 0.3) is 0 Å². The Labute approximate surface area is 160 Å². The summed E-state index contributed by atoms with van der Waals surface area (Å²) < 4.78 is 47.4. The zero-order chi connectivity index (χ0) is 17.9. The van der Waals surface area contributed by atoms with Gasteiger partial charge in [0.1, 0.15) is 11.5 Å². The molecule has 2 heterocycles. The highest BCUT2D eigenvalue weighted by Gasteiger charge is 2.33. The molecule has 0 aliphatic carbocycles. The summed E-state index contributed by atoms with van der Waals surface area (Å²) in [5.74, 6) is 0.308. The molecule has 4 nitrogen and oxygen atoms in total. The van der Waals surface area contributed by atoms with Gasteiger partial charge in [0.25, 0.3) is 0 Å². The Kier molecular flexibility index (Phi) is 7.16. The van der Waals surface area contributed by atoms with Crippen LogP contribution >= 0.6 is 23.7 Å². The number of nitrogens with zero attached hydrogens (tertiary/aromatic N) is 1. The molecule has 9 heteroatoms. The second-order valence-electron chi connectivity index (χ2n) is 5.70. The summed E-state index contributed by atoms with van der Waals surface area (Å²) in [6.07, 6.45) is -4.72. The van der Waals surface area contributed by atoms with E-state index in [4.69, 9.17) is 4.74 Å². The Bertz CT molecular complexity index is 692. The first-order chi connectivity index (χ1) is 12.0. The third-order valence-electron chi connectivity index (χ3n) is 4.10. The quantitative estimate of drug-likeness (QED) is 0.808. The summed E-state index contributed by atoms with van der Waals surface area (Å²) >= 11 is 1.56. The molecule has 1 saturated heterocycles. The number of methoxy groups -OCH3 is 1. The molecule has 1 N–H and O–H groups in total. The van der Waals surface area contributed by atoms with E-state index in [0.29, 0.717) is 11.3 Å². The van der Waals surface area contributed by atoms with Crippen LogP contribution in [0.5, 0.6) is 11.5 Å². The van der Waals surface area contributed by atoms with Crippen LogP contribution < -0.4 is 14.8 Å². The normalized spacial score (nSPS) is 16.6. The van der Waals surface area contributed by atoms with Crippen molar-refractivity contribution in [2.75, 3.05) is 33.3 Å². The highest BCUT2D eigenvalue weighted by Crippen LogP contribution is 2.38. The van der Waals surface area contributed by atoms with Crippen molar-refractivity contribution in [3.05, 3.63) is 46.2 Å². The van der Waals surface area contributed by atoms with Gasteiger partial charge in [-0.1, -0.05) is 0 Å². The van der Waals surface area contributed by atoms with Crippen LogP contribution in [0, 0.1) is 0 Å². The number of halogens is 4. The van der Waals surface area contributed by atoms with E-state index < -0.39 is 6.36 Å². The van der Waals surface area contributed by atoms with Crippen molar-refractivity contribution in [3.63, 3.8) is 0 Å². The fourth-order valence-corrected chi connectivity index (χ4v) is 3.76.